The van der Waals surface area contributed by atoms with E-state index in [0.717, 1.165) is 0 Å². The molecule has 0 unspecified atom stereocenters. The van der Waals surface area contributed by atoms with Crippen molar-refractivity contribution in [2.75, 3.05) is 0 Å². The number of halogens is 2. The van der Waals surface area contributed by atoms with Gasteiger partial charge in [0, 0.05) is 13.3 Å². The summed E-state index contributed by atoms with van der Waals surface area (Å²) in [5, 5.41) is 12.0. The minimum Gasteiger partial charge on any atom is -0.480 e. The predicted octanol–water partition coefficient (Wildman–Crippen LogP) is 2.13. The van der Waals surface area contributed by atoms with Gasteiger partial charge in [-0.1, -0.05) is 29.3 Å². The fourth-order valence-electron chi connectivity index (χ4n) is 1.35. The Morgan fingerprint density at radius 1 is 1.35 bits per heavy atom. The zero-order valence-corrected chi connectivity index (χ0v) is 10.5. The molecule has 1 aromatic rings. The molecule has 0 spiro atoms. The SMILES string of the molecule is CC(=O)N[C@H](Cc1ccc(Cl)c(Cl)c1)C(=O)O. The van der Waals surface area contributed by atoms with Crippen LogP contribution in [0.25, 0.3) is 0 Å². The molecule has 0 saturated heterocycles. The first-order chi connectivity index (χ1) is 7.90. The standard InChI is InChI=1S/C11H11Cl2NO3/c1-6(15)14-10(11(16)17)5-7-2-3-8(12)9(13)4-7/h2-4,10H,5H2,1H3,(H,14,15)(H,16,17)/t10-/m1/s1. The number of carbonyl (C=O) groups is 2. The third kappa shape index (κ3) is 4.24. The van der Waals surface area contributed by atoms with E-state index < -0.39 is 17.9 Å². The molecule has 1 rings (SSSR count). The molecule has 0 aromatic heterocycles. The molecular formula is C11H11Cl2NO3. The second kappa shape index (κ2) is 5.89. The van der Waals surface area contributed by atoms with Crippen molar-refractivity contribution in [3.05, 3.63) is 33.8 Å². The van der Waals surface area contributed by atoms with Crippen LogP contribution in [-0.4, -0.2) is 23.0 Å². The summed E-state index contributed by atoms with van der Waals surface area (Å²) in [6.45, 7) is 1.27. The number of hydrogen-bond acceptors (Lipinski definition) is 2. The summed E-state index contributed by atoms with van der Waals surface area (Å²) >= 11 is 11.6. The Morgan fingerprint density at radius 2 is 2.00 bits per heavy atom. The van der Waals surface area contributed by atoms with Crippen molar-refractivity contribution in [2.45, 2.75) is 19.4 Å². The number of amides is 1. The van der Waals surface area contributed by atoms with Crippen LogP contribution in [0.15, 0.2) is 18.2 Å². The van der Waals surface area contributed by atoms with E-state index in [9.17, 15) is 9.59 Å². The molecule has 0 aliphatic carbocycles. The van der Waals surface area contributed by atoms with Gasteiger partial charge in [-0.25, -0.2) is 4.79 Å². The number of nitrogens with one attached hydrogen (secondary N) is 1. The minimum atomic E-state index is -1.09. The Hall–Kier alpha value is -1.26. The molecule has 0 bridgehead atoms. The minimum absolute atomic E-state index is 0.159. The second-order valence-corrected chi connectivity index (χ2v) is 4.36. The van der Waals surface area contributed by atoms with Gasteiger partial charge >= 0.3 is 5.97 Å². The van der Waals surface area contributed by atoms with E-state index in [1.54, 1.807) is 18.2 Å². The van der Waals surface area contributed by atoms with E-state index in [2.05, 4.69) is 5.32 Å². The predicted molar refractivity (Wildman–Crippen MR) is 65.4 cm³/mol. The van der Waals surface area contributed by atoms with Crippen molar-refractivity contribution in [3.8, 4) is 0 Å². The number of carboxylic acids is 1. The van der Waals surface area contributed by atoms with Crippen LogP contribution < -0.4 is 5.32 Å². The Balaban J connectivity index is 2.82. The van der Waals surface area contributed by atoms with Crippen LogP contribution >= 0.6 is 23.2 Å². The van der Waals surface area contributed by atoms with E-state index >= 15 is 0 Å². The Bertz CT molecular complexity index is 448. The van der Waals surface area contributed by atoms with Gasteiger partial charge in [-0.3, -0.25) is 4.79 Å². The van der Waals surface area contributed by atoms with Crippen LogP contribution in [0.5, 0.6) is 0 Å². The highest BCUT2D eigenvalue weighted by Gasteiger charge is 2.19. The number of hydrogen-bond donors (Lipinski definition) is 2. The van der Waals surface area contributed by atoms with Crippen LogP contribution in [0.2, 0.25) is 10.0 Å². The van der Waals surface area contributed by atoms with Crippen LogP contribution in [0, 0.1) is 0 Å². The van der Waals surface area contributed by atoms with E-state index in [-0.39, 0.29) is 6.42 Å². The molecule has 0 radical (unpaired) electrons. The normalized spacial score (nSPS) is 11.9. The first-order valence-corrected chi connectivity index (χ1v) is 5.59. The van der Waals surface area contributed by atoms with Gasteiger partial charge in [0.05, 0.1) is 10.0 Å². The second-order valence-electron chi connectivity index (χ2n) is 3.54. The maximum atomic E-state index is 10.9. The third-order valence-electron chi connectivity index (χ3n) is 2.10. The maximum absolute atomic E-state index is 10.9. The zero-order chi connectivity index (χ0) is 13.0. The molecule has 0 fully saturated rings. The Morgan fingerprint density at radius 3 is 2.47 bits per heavy atom. The average Bonchev–Trinajstić information content (AvgIpc) is 2.21. The molecule has 4 nitrogen and oxygen atoms in total. The highest BCUT2D eigenvalue weighted by atomic mass is 35.5. The lowest BCUT2D eigenvalue weighted by molar-refractivity contribution is -0.141. The molecule has 0 aliphatic heterocycles. The summed E-state index contributed by atoms with van der Waals surface area (Å²) in [6, 6.07) is 3.88. The molecule has 6 heteroatoms. The summed E-state index contributed by atoms with van der Waals surface area (Å²) < 4.78 is 0. The van der Waals surface area contributed by atoms with Gasteiger partial charge in [0.15, 0.2) is 0 Å². The van der Waals surface area contributed by atoms with Crippen molar-refractivity contribution in [2.24, 2.45) is 0 Å². The molecule has 0 saturated carbocycles. The fourth-order valence-corrected chi connectivity index (χ4v) is 1.67. The van der Waals surface area contributed by atoms with E-state index in [1.807, 2.05) is 0 Å². The van der Waals surface area contributed by atoms with Gasteiger partial charge in [-0.05, 0) is 17.7 Å². The number of rotatable bonds is 4. The van der Waals surface area contributed by atoms with Crippen molar-refractivity contribution >= 4 is 35.1 Å². The van der Waals surface area contributed by atoms with Crippen molar-refractivity contribution < 1.29 is 14.7 Å². The molecule has 17 heavy (non-hydrogen) atoms. The summed E-state index contributed by atoms with van der Waals surface area (Å²) in [6.07, 6.45) is 0.159. The van der Waals surface area contributed by atoms with Gasteiger partial charge in [0.25, 0.3) is 0 Å². The first-order valence-electron chi connectivity index (χ1n) is 4.84. The quantitative estimate of drug-likeness (QED) is 0.885. The lowest BCUT2D eigenvalue weighted by Crippen LogP contribution is -2.41. The molecule has 92 valence electrons. The molecule has 0 heterocycles. The number of carbonyl (C=O) groups excluding carboxylic acids is 1. The van der Waals surface area contributed by atoms with E-state index in [1.165, 1.54) is 6.92 Å². The summed E-state index contributed by atoms with van der Waals surface area (Å²) in [4.78, 5) is 21.8. The first kappa shape index (κ1) is 13.8. The van der Waals surface area contributed by atoms with Gasteiger partial charge in [-0.15, -0.1) is 0 Å². The van der Waals surface area contributed by atoms with Crippen LogP contribution in [0.4, 0.5) is 0 Å². The van der Waals surface area contributed by atoms with E-state index in [0.29, 0.717) is 15.6 Å². The maximum Gasteiger partial charge on any atom is 0.326 e. The molecule has 0 aliphatic rings. The largest absolute Gasteiger partial charge is 0.480 e. The van der Waals surface area contributed by atoms with Gasteiger partial charge in [-0.2, -0.15) is 0 Å². The third-order valence-corrected chi connectivity index (χ3v) is 2.84. The Kier molecular flexibility index (Phi) is 4.78. The fraction of sp³-hybridized carbons (Fsp3) is 0.273. The summed E-state index contributed by atoms with van der Waals surface area (Å²) in [7, 11) is 0. The average molecular weight is 276 g/mol. The lowest BCUT2D eigenvalue weighted by atomic mass is 10.1. The van der Waals surface area contributed by atoms with E-state index in [4.69, 9.17) is 28.3 Å². The van der Waals surface area contributed by atoms with Crippen molar-refractivity contribution in [1.29, 1.82) is 0 Å². The summed E-state index contributed by atoms with van der Waals surface area (Å²) in [5.41, 5.74) is 0.695. The smallest absolute Gasteiger partial charge is 0.326 e. The Labute approximate surface area is 109 Å². The molecule has 2 N–H and O–H groups in total. The number of benzene rings is 1. The number of carboxylic acid groups (broad SMARTS) is 1. The molecule has 1 amide bonds. The molecule has 1 aromatic carbocycles. The zero-order valence-electron chi connectivity index (χ0n) is 9.04. The highest BCUT2D eigenvalue weighted by molar-refractivity contribution is 6.42. The van der Waals surface area contributed by atoms with Crippen LogP contribution in [0.3, 0.4) is 0 Å². The van der Waals surface area contributed by atoms with Crippen molar-refractivity contribution in [3.63, 3.8) is 0 Å². The molecule has 1 atom stereocenters. The molecular weight excluding hydrogens is 265 g/mol. The summed E-state index contributed by atoms with van der Waals surface area (Å²) in [5.74, 6) is -1.48. The van der Waals surface area contributed by atoms with Gasteiger partial charge < -0.3 is 10.4 Å². The number of aliphatic carboxylic acids is 1. The van der Waals surface area contributed by atoms with Gasteiger partial charge in [0.1, 0.15) is 6.04 Å². The van der Waals surface area contributed by atoms with Crippen LogP contribution in [-0.2, 0) is 16.0 Å². The topological polar surface area (TPSA) is 66.4 Å². The monoisotopic (exact) mass is 275 g/mol. The highest BCUT2D eigenvalue weighted by Crippen LogP contribution is 2.23. The van der Waals surface area contributed by atoms with Crippen LogP contribution in [0.1, 0.15) is 12.5 Å². The van der Waals surface area contributed by atoms with Crippen molar-refractivity contribution in [1.82, 2.24) is 5.32 Å². The van der Waals surface area contributed by atoms with Gasteiger partial charge in [0.2, 0.25) is 5.91 Å². The lowest BCUT2D eigenvalue weighted by Gasteiger charge is -2.13.